The normalized spacial score (nSPS) is 22.5. The second-order valence-corrected chi connectivity index (χ2v) is 5.27. The van der Waals surface area contributed by atoms with Gasteiger partial charge in [-0.15, -0.1) is 12.3 Å². The zero-order valence-corrected chi connectivity index (χ0v) is 11.4. The van der Waals surface area contributed by atoms with Gasteiger partial charge in [-0.1, -0.05) is 0 Å². The molecule has 1 aliphatic rings. The molecular formula is C15H23NO3. The highest BCUT2D eigenvalue weighted by Crippen LogP contribution is 2.28. The topological polar surface area (TPSA) is 66.4 Å². The van der Waals surface area contributed by atoms with E-state index in [0.29, 0.717) is 18.9 Å². The van der Waals surface area contributed by atoms with Crippen molar-refractivity contribution in [2.24, 2.45) is 11.8 Å². The summed E-state index contributed by atoms with van der Waals surface area (Å²) in [6.07, 6.45) is 11.4. The molecule has 1 aliphatic carbocycles. The van der Waals surface area contributed by atoms with Crippen molar-refractivity contribution in [2.45, 2.75) is 51.4 Å². The highest BCUT2D eigenvalue weighted by atomic mass is 16.4. The van der Waals surface area contributed by atoms with E-state index in [1.54, 1.807) is 0 Å². The van der Waals surface area contributed by atoms with Gasteiger partial charge in [0.15, 0.2) is 0 Å². The van der Waals surface area contributed by atoms with Crippen LogP contribution in [0.5, 0.6) is 0 Å². The number of hydrogen-bond donors (Lipinski definition) is 2. The number of amides is 1. The fraction of sp³-hybridized carbons (Fsp3) is 0.733. The van der Waals surface area contributed by atoms with Gasteiger partial charge in [0.2, 0.25) is 5.91 Å². The molecule has 0 unspecified atom stereocenters. The molecule has 1 saturated carbocycles. The maximum absolute atomic E-state index is 11.6. The van der Waals surface area contributed by atoms with Gasteiger partial charge in [0.25, 0.3) is 0 Å². The molecule has 106 valence electrons. The fourth-order valence-electron chi connectivity index (χ4n) is 2.47. The first-order valence-corrected chi connectivity index (χ1v) is 7.06. The molecule has 0 aliphatic heterocycles. The first-order valence-electron chi connectivity index (χ1n) is 7.06. The minimum absolute atomic E-state index is 0.0809. The van der Waals surface area contributed by atoms with Crippen LogP contribution in [-0.4, -0.2) is 23.5 Å². The first-order chi connectivity index (χ1) is 9.13. The van der Waals surface area contributed by atoms with E-state index in [1.807, 2.05) is 0 Å². The minimum atomic E-state index is -0.684. The summed E-state index contributed by atoms with van der Waals surface area (Å²) in [4.78, 5) is 22.4. The van der Waals surface area contributed by atoms with Crippen LogP contribution in [0.3, 0.4) is 0 Å². The van der Waals surface area contributed by atoms with E-state index in [4.69, 9.17) is 11.5 Å². The second-order valence-electron chi connectivity index (χ2n) is 5.27. The molecule has 0 aromatic heterocycles. The lowest BCUT2D eigenvalue weighted by Gasteiger charge is -2.26. The number of unbranched alkanes of at least 4 members (excludes halogenated alkanes) is 2. The maximum Gasteiger partial charge on any atom is 0.306 e. The molecule has 0 aromatic carbocycles. The van der Waals surface area contributed by atoms with Crippen LogP contribution in [0.15, 0.2) is 0 Å². The Morgan fingerprint density at radius 1 is 1.21 bits per heavy atom. The number of carboxylic acid groups (broad SMARTS) is 1. The van der Waals surface area contributed by atoms with Crippen LogP contribution in [0.25, 0.3) is 0 Å². The third-order valence-electron chi connectivity index (χ3n) is 3.76. The number of aliphatic carboxylic acids is 1. The smallest absolute Gasteiger partial charge is 0.306 e. The van der Waals surface area contributed by atoms with Crippen LogP contribution in [0.1, 0.15) is 51.4 Å². The Kier molecular flexibility index (Phi) is 7.02. The van der Waals surface area contributed by atoms with E-state index in [1.165, 1.54) is 0 Å². The molecule has 4 nitrogen and oxygen atoms in total. The molecule has 2 N–H and O–H groups in total. The summed E-state index contributed by atoms with van der Waals surface area (Å²) in [5, 5.41) is 11.8. The Morgan fingerprint density at radius 3 is 2.47 bits per heavy atom. The third-order valence-corrected chi connectivity index (χ3v) is 3.76. The van der Waals surface area contributed by atoms with Gasteiger partial charge in [0.05, 0.1) is 5.92 Å². The van der Waals surface area contributed by atoms with E-state index in [0.717, 1.165) is 44.9 Å². The average Bonchev–Trinajstić information content (AvgIpc) is 2.42. The lowest BCUT2D eigenvalue weighted by molar-refractivity contribution is -0.143. The van der Waals surface area contributed by atoms with Crippen molar-refractivity contribution in [1.29, 1.82) is 0 Å². The van der Waals surface area contributed by atoms with Crippen molar-refractivity contribution < 1.29 is 14.7 Å². The Labute approximate surface area is 115 Å². The molecule has 0 bridgehead atoms. The van der Waals surface area contributed by atoms with Gasteiger partial charge in [0, 0.05) is 19.4 Å². The Hall–Kier alpha value is -1.50. The highest BCUT2D eigenvalue weighted by Gasteiger charge is 2.25. The molecule has 1 fully saturated rings. The number of carbonyl (C=O) groups excluding carboxylic acids is 1. The molecule has 19 heavy (non-hydrogen) atoms. The number of carbonyl (C=O) groups is 2. The molecular weight excluding hydrogens is 242 g/mol. The summed E-state index contributed by atoms with van der Waals surface area (Å²) >= 11 is 0. The Bertz CT molecular complexity index is 338. The van der Waals surface area contributed by atoms with E-state index in [2.05, 4.69) is 11.2 Å². The zero-order chi connectivity index (χ0) is 14.1. The van der Waals surface area contributed by atoms with Gasteiger partial charge in [-0.3, -0.25) is 9.59 Å². The molecule has 1 amide bonds. The fourth-order valence-corrected chi connectivity index (χ4v) is 2.47. The van der Waals surface area contributed by atoms with Crippen molar-refractivity contribution in [3.63, 3.8) is 0 Å². The van der Waals surface area contributed by atoms with Crippen LogP contribution in [0.2, 0.25) is 0 Å². The first kappa shape index (κ1) is 15.6. The molecule has 0 heterocycles. The van der Waals surface area contributed by atoms with Gasteiger partial charge in [0.1, 0.15) is 0 Å². The number of carboxylic acids is 1. The predicted octanol–water partition coefficient (Wildman–Crippen LogP) is 2.19. The van der Waals surface area contributed by atoms with Gasteiger partial charge < -0.3 is 10.4 Å². The standard InChI is InChI=1S/C15H23NO3/c1-2-3-4-5-6-14(17)16-11-12-7-9-13(10-8-12)15(18)19/h1,12-13H,3-11H2,(H,16,17)(H,18,19). The number of terminal acetylenes is 1. The molecule has 1 rings (SSSR count). The van der Waals surface area contributed by atoms with Crippen molar-refractivity contribution in [3.8, 4) is 12.3 Å². The average molecular weight is 265 g/mol. The summed E-state index contributed by atoms with van der Waals surface area (Å²) in [6, 6.07) is 0. The molecule has 0 spiro atoms. The van der Waals surface area contributed by atoms with Crippen LogP contribution in [0.4, 0.5) is 0 Å². The quantitative estimate of drug-likeness (QED) is 0.548. The van der Waals surface area contributed by atoms with E-state index >= 15 is 0 Å². The monoisotopic (exact) mass is 265 g/mol. The molecule has 4 heteroatoms. The molecule has 0 aromatic rings. The SMILES string of the molecule is C#CCCCCC(=O)NCC1CCC(C(=O)O)CC1. The summed E-state index contributed by atoms with van der Waals surface area (Å²) in [5.74, 6) is 2.21. The summed E-state index contributed by atoms with van der Waals surface area (Å²) in [7, 11) is 0. The van der Waals surface area contributed by atoms with Crippen LogP contribution in [-0.2, 0) is 9.59 Å². The molecule has 0 atom stereocenters. The zero-order valence-electron chi connectivity index (χ0n) is 11.4. The minimum Gasteiger partial charge on any atom is -0.481 e. The maximum atomic E-state index is 11.6. The predicted molar refractivity (Wildman–Crippen MR) is 73.4 cm³/mol. The van der Waals surface area contributed by atoms with E-state index in [9.17, 15) is 9.59 Å². The van der Waals surface area contributed by atoms with Crippen LogP contribution in [0, 0.1) is 24.2 Å². The van der Waals surface area contributed by atoms with Crippen molar-refractivity contribution in [1.82, 2.24) is 5.32 Å². The lowest BCUT2D eigenvalue weighted by atomic mass is 9.82. The van der Waals surface area contributed by atoms with Gasteiger partial charge in [-0.2, -0.15) is 0 Å². The summed E-state index contributed by atoms with van der Waals surface area (Å²) in [5.41, 5.74) is 0. The highest BCUT2D eigenvalue weighted by molar-refractivity contribution is 5.75. The van der Waals surface area contributed by atoms with Crippen LogP contribution >= 0.6 is 0 Å². The third kappa shape index (κ3) is 6.28. The van der Waals surface area contributed by atoms with Crippen molar-refractivity contribution in [3.05, 3.63) is 0 Å². The van der Waals surface area contributed by atoms with Gasteiger partial charge in [-0.05, 0) is 44.4 Å². The van der Waals surface area contributed by atoms with Crippen molar-refractivity contribution in [2.75, 3.05) is 6.54 Å². The lowest BCUT2D eigenvalue weighted by Crippen LogP contribution is -2.32. The van der Waals surface area contributed by atoms with Crippen LogP contribution < -0.4 is 5.32 Å². The number of nitrogens with one attached hydrogen (secondary N) is 1. The Morgan fingerprint density at radius 2 is 1.89 bits per heavy atom. The van der Waals surface area contributed by atoms with E-state index in [-0.39, 0.29) is 11.8 Å². The van der Waals surface area contributed by atoms with Gasteiger partial charge in [-0.25, -0.2) is 0 Å². The summed E-state index contributed by atoms with van der Waals surface area (Å²) in [6.45, 7) is 0.681. The van der Waals surface area contributed by atoms with Crippen molar-refractivity contribution >= 4 is 11.9 Å². The molecule has 0 radical (unpaired) electrons. The van der Waals surface area contributed by atoms with E-state index < -0.39 is 5.97 Å². The number of hydrogen-bond acceptors (Lipinski definition) is 2. The second kappa shape index (κ2) is 8.58. The Balaban J connectivity index is 2.08. The molecule has 0 saturated heterocycles. The largest absolute Gasteiger partial charge is 0.481 e. The summed E-state index contributed by atoms with van der Waals surface area (Å²) < 4.78 is 0. The number of rotatable bonds is 7. The van der Waals surface area contributed by atoms with Gasteiger partial charge >= 0.3 is 5.97 Å².